The Hall–Kier alpha value is -2.63. The Balaban J connectivity index is 1.71. The SMILES string of the molecule is COc1ccc([C@H]2CCCN2C(=O)N[C@@H](C)c2ccncc2F)cc1. The number of aromatic nitrogens is 1. The number of nitrogens with one attached hydrogen (secondary N) is 1. The van der Waals surface area contributed by atoms with Gasteiger partial charge in [0.05, 0.1) is 25.4 Å². The lowest BCUT2D eigenvalue weighted by molar-refractivity contribution is 0.189. The molecule has 0 unspecified atom stereocenters. The highest BCUT2D eigenvalue weighted by Gasteiger charge is 2.30. The van der Waals surface area contributed by atoms with Gasteiger partial charge in [0.25, 0.3) is 0 Å². The molecule has 0 spiro atoms. The molecule has 2 heterocycles. The molecule has 1 saturated heterocycles. The minimum atomic E-state index is -0.424. The summed E-state index contributed by atoms with van der Waals surface area (Å²) in [5.41, 5.74) is 1.51. The number of pyridine rings is 1. The van der Waals surface area contributed by atoms with Crippen LogP contribution in [0.5, 0.6) is 5.75 Å². The summed E-state index contributed by atoms with van der Waals surface area (Å²) in [7, 11) is 1.63. The third-order valence-corrected chi connectivity index (χ3v) is 4.62. The number of likely N-dealkylation sites (tertiary alicyclic amines) is 1. The Morgan fingerprint density at radius 3 is 2.80 bits per heavy atom. The van der Waals surface area contributed by atoms with Crippen LogP contribution in [0.3, 0.4) is 0 Å². The lowest BCUT2D eigenvalue weighted by Gasteiger charge is -2.27. The molecular weight excluding hydrogens is 321 g/mol. The van der Waals surface area contributed by atoms with Crippen LogP contribution >= 0.6 is 0 Å². The van der Waals surface area contributed by atoms with Gasteiger partial charge in [-0.05, 0) is 43.5 Å². The van der Waals surface area contributed by atoms with Crippen LogP contribution in [-0.2, 0) is 0 Å². The highest BCUT2D eigenvalue weighted by Crippen LogP contribution is 2.33. The summed E-state index contributed by atoms with van der Waals surface area (Å²) >= 11 is 0. The third-order valence-electron chi connectivity index (χ3n) is 4.62. The molecule has 0 radical (unpaired) electrons. The normalized spacial score (nSPS) is 18.0. The van der Waals surface area contributed by atoms with Gasteiger partial charge in [0.2, 0.25) is 0 Å². The smallest absolute Gasteiger partial charge is 0.318 e. The predicted molar refractivity (Wildman–Crippen MR) is 92.8 cm³/mol. The van der Waals surface area contributed by atoms with Gasteiger partial charge < -0.3 is 15.0 Å². The number of nitrogens with zero attached hydrogens (tertiary/aromatic N) is 2. The summed E-state index contributed by atoms with van der Waals surface area (Å²) in [4.78, 5) is 18.3. The van der Waals surface area contributed by atoms with Crippen LogP contribution in [-0.4, -0.2) is 29.6 Å². The first-order chi connectivity index (χ1) is 12.1. The molecule has 3 rings (SSSR count). The van der Waals surface area contributed by atoms with Crippen LogP contribution in [0.25, 0.3) is 0 Å². The second-order valence-electron chi connectivity index (χ2n) is 6.19. The fraction of sp³-hybridized carbons (Fsp3) is 0.368. The van der Waals surface area contributed by atoms with E-state index in [4.69, 9.17) is 4.74 Å². The summed E-state index contributed by atoms with van der Waals surface area (Å²) < 4.78 is 19.0. The van der Waals surface area contributed by atoms with Crippen LogP contribution in [0.2, 0.25) is 0 Å². The number of hydrogen-bond donors (Lipinski definition) is 1. The van der Waals surface area contributed by atoms with Gasteiger partial charge >= 0.3 is 6.03 Å². The Morgan fingerprint density at radius 1 is 1.36 bits per heavy atom. The molecule has 1 aromatic heterocycles. The van der Waals surface area contributed by atoms with E-state index in [1.807, 2.05) is 29.2 Å². The van der Waals surface area contributed by atoms with Crippen molar-refractivity contribution in [3.8, 4) is 5.75 Å². The van der Waals surface area contributed by atoms with E-state index in [1.165, 1.54) is 6.20 Å². The van der Waals surface area contributed by atoms with E-state index < -0.39 is 11.9 Å². The van der Waals surface area contributed by atoms with Crippen molar-refractivity contribution in [2.24, 2.45) is 0 Å². The molecule has 2 amide bonds. The molecule has 1 aliphatic rings. The fourth-order valence-electron chi connectivity index (χ4n) is 3.27. The molecule has 25 heavy (non-hydrogen) atoms. The zero-order chi connectivity index (χ0) is 17.8. The van der Waals surface area contributed by atoms with Crippen LogP contribution in [0.1, 0.15) is 43.0 Å². The number of amides is 2. The first kappa shape index (κ1) is 17.2. The molecule has 6 heteroatoms. The Kier molecular flexibility index (Phi) is 5.16. The Labute approximate surface area is 146 Å². The van der Waals surface area contributed by atoms with Gasteiger partial charge in [-0.1, -0.05) is 12.1 Å². The second-order valence-corrected chi connectivity index (χ2v) is 6.19. The monoisotopic (exact) mass is 343 g/mol. The maximum Gasteiger partial charge on any atom is 0.318 e. The van der Waals surface area contributed by atoms with Crippen LogP contribution in [0.4, 0.5) is 9.18 Å². The van der Waals surface area contributed by atoms with Crippen LogP contribution < -0.4 is 10.1 Å². The highest BCUT2D eigenvalue weighted by atomic mass is 19.1. The summed E-state index contributed by atoms with van der Waals surface area (Å²) in [6.07, 6.45) is 4.55. The third kappa shape index (κ3) is 3.73. The van der Waals surface area contributed by atoms with Crippen molar-refractivity contribution in [1.82, 2.24) is 15.2 Å². The van der Waals surface area contributed by atoms with E-state index in [1.54, 1.807) is 20.1 Å². The minimum Gasteiger partial charge on any atom is -0.497 e. The van der Waals surface area contributed by atoms with Gasteiger partial charge in [-0.15, -0.1) is 0 Å². The molecule has 0 saturated carbocycles. The average molecular weight is 343 g/mol. The first-order valence-corrected chi connectivity index (χ1v) is 8.40. The van der Waals surface area contributed by atoms with Gasteiger partial charge in [0.1, 0.15) is 11.6 Å². The number of carbonyl (C=O) groups is 1. The van der Waals surface area contributed by atoms with Crippen molar-refractivity contribution in [1.29, 1.82) is 0 Å². The van der Waals surface area contributed by atoms with E-state index in [9.17, 15) is 9.18 Å². The van der Waals surface area contributed by atoms with Gasteiger partial charge in [0.15, 0.2) is 0 Å². The average Bonchev–Trinajstić information content (AvgIpc) is 3.12. The minimum absolute atomic E-state index is 0.0281. The maximum absolute atomic E-state index is 13.8. The standard InChI is InChI=1S/C19H22FN3O2/c1-13(16-9-10-21-12-17(16)20)22-19(24)23-11-3-4-18(23)14-5-7-15(25-2)8-6-14/h5-10,12-13,18H,3-4,11H2,1-2H3,(H,22,24)/t13-,18+/m0/s1. The van der Waals surface area contributed by atoms with Crippen molar-refractivity contribution in [3.63, 3.8) is 0 Å². The molecule has 1 fully saturated rings. The molecule has 2 aromatic rings. The number of benzene rings is 1. The summed E-state index contributed by atoms with van der Waals surface area (Å²) in [6.45, 7) is 2.46. The van der Waals surface area contributed by atoms with Crippen molar-refractivity contribution >= 4 is 6.03 Å². The highest BCUT2D eigenvalue weighted by molar-refractivity contribution is 5.75. The van der Waals surface area contributed by atoms with Crippen molar-refractivity contribution < 1.29 is 13.9 Å². The lowest BCUT2D eigenvalue weighted by atomic mass is 10.0. The van der Waals surface area contributed by atoms with Gasteiger partial charge in [0, 0.05) is 18.3 Å². The second kappa shape index (κ2) is 7.51. The van der Waals surface area contributed by atoms with E-state index in [2.05, 4.69) is 10.3 Å². The fourth-order valence-corrected chi connectivity index (χ4v) is 3.27. The number of urea groups is 1. The van der Waals surface area contributed by atoms with Crippen molar-refractivity contribution in [3.05, 3.63) is 59.7 Å². The van der Waals surface area contributed by atoms with E-state index in [0.717, 1.165) is 30.4 Å². The summed E-state index contributed by atoms with van der Waals surface area (Å²) in [6, 6.07) is 8.79. The van der Waals surface area contributed by atoms with Gasteiger partial charge in [-0.25, -0.2) is 9.18 Å². The number of hydrogen-bond acceptors (Lipinski definition) is 3. The quantitative estimate of drug-likeness (QED) is 0.918. The number of methoxy groups -OCH3 is 1. The van der Waals surface area contributed by atoms with Gasteiger partial charge in [-0.3, -0.25) is 4.98 Å². The van der Waals surface area contributed by atoms with E-state index in [0.29, 0.717) is 12.1 Å². The largest absolute Gasteiger partial charge is 0.497 e. The predicted octanol–water partition coefficient (Wildman–Crippen LogP) is 3.84. The lowest BCUT2D eigenvalue weighted by Crippen LogP contribution is -2.40. The van der Waals surface area contributed by atoms with Crippen LogP contribution in [0, 0.1) is 5.82 Å². The molecule has 2 atom stereocenters. The Bertz CT molecular complexity index is 736. The molecule has 1 N–H and O–H groups in total. The first-order valence-electron chi connectivity index (χ1n) is 8.40. The summed E-state index contributed by atoms with van der Waals surface area (Å²) in [5, 5.41) is 2.90. The topological polar surface area (TPSA) is 54.5 Å². The molecule has 1 aliphatic heterocycles. The Morgan fingerprint density at radius 2 is 2.12 bits per heavy atom. The number of rotatable bonds is 4. The zero-order valence-electron chi connectivity index (χ0n) is 14.4. The number of carbonyl (C=O) groups excluding carboxylic acids is 1. The zero-order valence-corrected chi connectivity index (χ0v) is 14.4. The van der Waals surface area contributed by atoms with Crippen molar-refractivity contribution in [2.45, 2.75) is 31.8 Å². The molecule has 0 aliphatic carbocycles. The molecular formula is C19H22FN3O2. The van der Waals surface area contributed by atoms with Crippen LogP contribution in [0.15, 0.2) is 42.7 Å². The molecule has 5 nitrogen and oxygen atoms in total. The van der Waals surface area contributed by atoms with Crippen molar-refractivity contribution in [2.75, 3.05) is 13.7 Å². The van der Waals surface area contributed by atoms with Gasteiger partial charge in [-0.2, -0.15) is 0 Å². The molecule has 132 valence electrons. The summed E-state index contributed by atoms with van der Waals surface area (Å²) in [5.74, 6) is 0.378. The number of halogens is 1. The number of ether oxygens (including phenoxy) is 1. The molecule has 1 aromatic carbocycles. The maximum atomic E-state index is 13.8. The van der Waals surface area contributed by atoms with E-state index in [-0.39, 0.29) is 12.1 Å². The van der Waals surface area contributed by atoms with E-state index >= 15 is 0 Å². The molecule has 0 bridgehead atoms.